The average Bonchev–Trinajstić information content (AvgIpc) is 2.88. The van der Waals surface area contributed by atoms with Gasteiger partial charge < -0.3 is 25.4 Å². The average molecular weight is 564 g/mol. The van der Waals surface area contributed by atoms with E-state index in [2.05, 4.69) is 17.6 Å². The Bertz CT molecular complexity index is 897. The number of phenolic OH excluding ortho intramolecular Hbond substituents is 1. The van der Waals surface area contributed by atoms with E-state index in [1.165, 1.54) is 6.42 Å². The van der Waals surface area contributed by atoms with Crippen molar-refractivity contribution in [2.24, 2.45) is 0 Å². The van der Waals surface area contributed by atoms with E-state index in [0.717, 1.165) is 51.4 Å². The third-order valence-corrected chi connectivity index (χ3v) is 7.50. The van der Waals surface area contributed by atoms with Crippen molar-refractivity contribution < 1.29 is 24.2 Å². The zero-order chi connectivity index (χ0) is 28.8. The SMILES string of the molecule is CCCCCCN(C(=O)C(CCSC)NC(=O)OC(C)(C)C)C(C(=O)NC1CCCCC1)c1ccc(O)cc1. The van der Waals surface area contributed by atoms with E-state index in [1.807, 2.05) is 6.26 Å². The molecule has 9 heteroatoms. The van der Waals surface area contributed by atoms with E-state index in [4.69, 9.17) is 4.74 Å². The molecule has 1 aliphatic rings. The van der Waals surface area contributed by atoms with Gasteiger partial charge in [0.2, 0.25) is 11.8 Å². The molecule has 39 heavy (non-hydrogen) atoms. The van der Waals surface area contributed by atoms with E-state index in [0.29, 0.717) is 24.3 Å². The summed E-state index contributed by atoms with van der Waals surface area (Å²) in [7, 11) is 0. The van der Waals surface area contributed by atoms with Crippen molar-refractivity contribution in [2.45, 2.75) is 116 Å². The van der Waals surface area contributed by atoms with Crippen molar-refractivity contribution in [3.63, 3.8) is 0 Å². The molecule has 1 aromatic carbocycles. The molecule has 1 saturated carbocycles. The molecule has 0 spiro atoms. The van der Waals surface area contributed by atoms with Gasteiger partial charge in [0.05, 0.1) is 0 Å². The highest BCUT2D eigenvalue weighted by Gasteiger charge is 2.36. The molecule has 0 heterocycles. The zero-order valence-corrected chi connectivity index (χ0v) is 25.3. The molecule has 8 nitrogen and oxygen atoms in total. The molecule has 1 aliphatic carbocycles. The number of rotatable bonds is 14. The Morgan fingerprint density at radius 3 is 2.33 bits per heavy atom. The molecule has 3 amide bonds. The number of ether oxygens (including phenoxy) is 1. The second-order valence-corrected chi connectivity index (χ2v) is 12.4. The van der Waals surface area contributed by atoms with Crippen molar-refractivity contribution in [3.05, 3.63) is 29.8 Å². The molecule has 1 aromatic rings. The standard InChI is InChI=1S/C30H49N3O5S/c1-6-7-8-12-20-33(28(36)25(19-21-39-5)32-29(37)38-30(2,3)4)26(22-15-17-24(34)18-16-22)27(35)31-23-13-10-9-11-14-23/h15-18,23,25-26,34H,6-14,19-21H2,1-5H3,(H,31,35)(H,32,37). The predicted octanol–water partition coefficient (Wildman–Crippen LogP) is 5.94. The molecule has 0 bridgehead atoms. The third kappa shape index (κ3) is 11.7. The Morgan fingerprint density at radius 2 is 1.74 bits per heavy atom. The number of alkyl carbamates (subject to hydrolysis) is 1. The maximum Gasteiger partial charge on any atom is 0.408 e. The number of nitrogens with one attached hydrogen (secondary N) is 2. The first-order valence-electron chi connectivity index (χ1n) is 14.4. The fourth-order valence-corrected chi connectivity index (χ4v) is 5.35. The first kappa shape index (κ1) is 32.8. The molecular formula is C30H49N3O5S. The number of aromatic hydroxyl groups is 1. The maximum absolute atomic E-state index is 14.2. The van der Waals surface area contributed by atoms with Crippen LogP contribution in [0.25, 0.3) is 0 Å². The number of nitrogens with zero attached hydrogens (tertiary/aromatic N) is 1. The highest BCUT2D eigenvalue weighted by atomic mass is 32.2. The van der Waals surface area contributed by atoms with Crippen molar-refractivity contribution in [1.29, 1.82) is 0 Å². The van der Waals surface area contributed by atoms with Gasteiger partial charge in [-0.15, -0.1) is 0 Å². The van der Waals surface area contributed by atoms with Gasteiger partial charge in [0.15, 0.2) is 0 Å². The van der Waals surface area contributed by atoms with Crippen LogP contribution in [0.5, 0.6) is 5.75 Å². The lowest BCUT2D eigenvalue weighted by molar-refractivity contribution is -0.143. The van der Waals surface area contributed by atoms with Gasteiger partial charge in [0, 0.05) is 12.6 Å². The molecular weight excluding hydrogens is 514 g/mol. The summed E-state index contributed by atoms with van der Waals surface area (Å²) in [6.45, 7) is 7.85. The Balaban J connectivity index is 2.43. The van der Waals surface area contributed by atoms with Gasteiger partial charge >= 0.3 is 6.09 Å². The molecule has 0 aliphatic heterocycles. The van der Waals surface area contributed by atoms with Gasteiger partial charge in [0.1, 0.15) is 23.4 Å². The van der Waals surface area contributed by atoms with Crippen LogP contribution in [0.1, 0.15) is 104 Å². The number of unbranched alkanes of at least 4 members (excludes halogenated alkanes) is 3. The molecule has 3 N–H and O–H groups in total. The summed E-state index contributed by atoms with van der Waals surface area (Å²) in [6.07, 6.45) is 10.6. The van der Waals surface area contributed by atoms with E-state index in [9.17, 15) is 19.5 Å². The van der Waals surface area contributed by atoms with Crippen LogP contribution in [0.15, 0.2) is 24.3 Å². The van der Waals surface area contributed by atoms with E-state index in [-0.39, 0.29) is 23.6 Å². The number of hydrogen-bond donors (Lipinski definition) is 3. The van der Waals surface area contributed by atoms with Crippen LogP contribution in [0.4, 0.5) is 4.79 Å². The number of benzene rings is 1. The lowest BCUT2D eigenvalue weighted by atomic mass is 9.94. The van der Waals surface area contributed by atoms with Crippen LogP contribution in [-0.4, -0.2) is 64.2 Å². The minimum atomic E-state index is -0.876. The van der Waals surface area contributed by atoms with Crippen LogP contribution in [0, 0.1) is 0 Å². The van der Waals surface area contributed by atoms with Crippen LogP contribution in [0.3, 0.4) is 0 Å². The number of amides is 3. The van der Waals surface area contributed by atoms with Gasteiger partial charge in [-0.2, -0.15) is 11.8 Å². The zero-order valence-electron chi connectivity index (χ0n) is 24.5. The van der Waals surface area contributed by atoms with E-state index < -0.39 is 23.8 Å². The molecule has 2 atom stereocenters. The molecule has 2 unspecified atom stereocenters. The minimum absolute atomic E-state index is 0.0788. The van der Waals surface area contributed by atoms with Gasteiger partial charge in [-0.05, 0) is 76.2 Å². The largest absolute Gasteiger partial charge is 0.508 e. The lowest BCUT2D eigenvalue weighted by Crippen LogP contribution is -2.54. The number of carbonyl (C=O) groups is 3. The van der Waals surface area contributed by atoms with Crippen molar-refractivity contribution >= 4 is 29.7 Å². The van der Waals surface area contributed by atoms with Crippen LogP contribution in [-0.2, 0) is 14.3 Å². The summed E-state index contributed by atoms with van der Waals surface area (Å²) >= 11 is 1.59. The first-order valence-corrected chi connectivity index (χ1v) is 15.8. The van der Waals surface area contributed by atoms with E-state index in [1.54, 1.807) is 61.7 Å². The van der Waals surface area contributed by atoms with Crippen molar-refractivity contribution in [2.75, 3.05) is 18.6 Å². The molecule has 2 rings (SSSR count). The number of phenols is 1. The van der Waals surface area contributed by atoms with Crippen molar-refractivity contribution in [3.8, 4) is 5.75 Å². The summed E-state index contributed by atoms with van der Waals surface area (Å²) in [5.41, 5.74) is -0.0725. The summed E-state index contributed by atoms with van der Waals surface area (Å²) < 4.78 is 5.46. The fraction of sp³-hybridized carbons (Fsp3) is 0.700. The number of hydrogen-bond acceptors (Lipinski definition) is 6. The Kier molecular flexibility index (Phi) is 14.0. The molecule has 0 radical (unpaired) electrons. The third-order valence-electron chi connectivity index (χ3n) is 6.86. The van der Waals surface area contributed by atoms with Gasteiger partial charge in [-0.25, -0.2) is 4.79 Å². The molecule has 220 valence electrons. The smallest absolute Gasteiger partial charge is 0.408 e. The van der Waals surface area contributed by atoms with E-state index >= 15 is 0 Å². The minimum Gasteiger partial charge on any atom is -0.508 e. The van der Waals surface area contributed by atoms with Crippen molar-refractivity contribution in [1.82, 2.24) is 15.5 Å². The summed E-state index contributed by atoms with van der Waals surface area (Å²) in [4.78, 5) is 42.4. The molecule has 1 fully saturated rings. The van der Waals surface area contributed by atoms with Crippen LogP contribution >= 0.6 is 11.8 Å². The predicted molar refractivity (Wildman–Crippen MR) is 158 cm³/mol. The quantitative estimate of drug-likeness (QED) is 0.242. The summed E-state index contributed by atoms with van der Waals surface area (Å²) in [5.74, 6) is 0.227. The number of carbonyl (C=O) groups excluding carboxylic acids is 3. The summed E-state index contributed by atoms with van der Waals surface area (Å²) in [6, 6.07) is 4.85. The number of thioether (sulfide) groups is 1. The lowest BCUT2D eigenvalue weighted by Gasteiger charge is -2.36. The highest BCUT2D eigenvalue weighted by Crippen LogP contribution is 2.27. The maximum atomic E-state index is 14.2. The Labute approximate surface area is 239 Å². The Hall–Kier alpha value is -2.42. The Morgan fingerprint density at radius 1 is 1.08 bits per heavy atom. The van der Waals surface area contributed by atoms with Crippen LogP contribution in [0.2, 0.25) is 0 Å². The normalized spacial score (nSPS) is 15.7. The fourth-order valence-electron chi connectivity index (χ4n) is 4.88. The van der Waals surface area contributed by atoms with Gasteiger partial charge in [-0.1, -0.05) is 57.6 Å². The van der Waals surface area contributed by atoms with Gasteiger partial charge in [-0.3, -0.25) is 9.59 Å². The second kappa shape index (κ2) is 16.6. The molecule has 0 saturated heterocycles. The monoisotopic (exact) mass is 563 g/mol. The highest BCUT2D eigenvalue weighted by molar-refractivity contribution is 7.98. The topological polar surface area (TPSA) is 108 Å². The first-order chi connectivity index (χ1) is 18.6. The molecule has 0 aromatic heterocycles. The van der Waals surface area contributed by atoms with Gasteiger partial charge in [0.25, 0.3) is 0 Å². The summed E-state index contributed by atoms with van der Waals surface area (Å²) in [5, 5.41) is 15.9. The van der Waals surface area contributed by atoms with Crippen LogP contribution < -0.4 is 10.6 Å². The second-order valence-electron chi connectivity index (χ2n) is 11.4.